The second kappa shape index (κ2) is 3.76. The lowest BCUT2D eigenvalue weighted by molar-refractivity contribution is 0.349. The van der Waals surface area contributed by atoms with Crippen LogP contribution in [0.4, 0.5) is 0 Å². The molecule has 0 atom stereocenters. The van der Waals surface area contributed by atoms with E-state index in [1.165, 1.54) is 0 Å². The molecule has 4 heteroatoms. The molecule has 0 saturated heterocycles. The van der Waals surface area contributed by atoms with Crippen LogP contribution >= 0.6 is 15.9 Å². The number of halogens is 1. The van der Waals surface area contributed by atoms with E-state index in [9.17, 15) is 0 Å². The first-order valence-corrected chi connectivity index (χ1v) is 4.23. The van der Waals surface area contributed by atoms with E-state index < -0.39 is 0 Å². The zero-order chi connectivity index (χ0) is 9.14. The van der Waals surface area contributed by atoms with Gasteiger partial charge in [-0.3, -0.25) is 0 Å². The maximum atomic E-state index is 5.15. The summed E-state index contributed by atoms with van der Waals surface area (Å²) in [6.07, 6.45) is 1.73. The molecular weight excluding hydrogens is 222 g/mol. The van der Waals surface area contributed by atoms with Crippen LogP contribution in [-0.4, -0.2) is 19.2 Å². The molecule has 0 spiro atoms. The molecule has 12 heavy (non-hydrogen) atoms. The highest BCUT2D eigenvalue weighted by molar-refractivity contribution is 9.10. The van der Waals surface area contributed by atoms with E-state index in [1.54, 1.807) is 20.4 Å². The minimum Gasteiger partial charge on any atom is -0.492 e. The lowest BCUT2D eigenvalue weighted by Gasteiger charge is -2.10. The second-order valence-corrected chi connectivity index (χ2v) is 3.05. The fourth-order valence-electron chi connectivity index (χ4n) is 0.974. The molecule has 1 aromatic heterocycles. The number of methoxy groups -OCH3 is 2. The third-order valence-electron chi connectivity index (χ3n) is 1.53. The van der Waals surface area contributed by atoms with Crippen LogP contribution in [0.3, 0.4) is 0 Å². The van der Waals surface area contributed by atoms with Gasteiger partial charge in [0.1, 0.15) is 0 Å². The molecule has 1 aromatic rings. The van der Waals surface area contributed by atoms with E-state index in [0.29, 0.717) is 10.4 Å². The van der Waals surface area contributed by atoms with Crippen LogP contribution < -0.4 is 9.47 Å². The maximum Gasteiger partial charge on any atom is 0.194 e. The van der Waals surface area contributed by atoms with Gasteiger partial charge >= 0.3 is 0 Å². The maximum absolute atomic E-state index is 5.15. The molecule has 0 unspecified atom stereocenters. The highest BCUT2D eigenvalue weighted by atomic mass is 79.9. The lowest BCUT2D eigenvalue weighted by atomic mass is 10.3. The molecule has 1 heterocycles. The molecule has 0 fully saturated rings. The van der Waals surface area contributed by atoms with Crippen molar-refractivity contribution < 1.29 is 9.47 Å². The molecule has 66 valence electrons. The SMILES string of the molecule is COc1c(C)cnc(Br)c1OC. The van der Waals surface area contributed by atoms with Crippen molar-refractivity contribution in [3.05, 3.63) is 16.4 Å². The number of aryl methyl sites for hydroxylation is 1. The van der Waals surface area contributed by atoms with Crippen molar-refractivity contribution in [2.24, 2.45) is 0 Å². The molecule has 1 rings (SSSR count). The van der Waals surface area contributed by atoms with E-state index in [0.717, 1.165) is 11.3 Å². The summed E-state index contributed by atoms with van der Waals surface area (Å²) in [4.78, 5) is 4.07. The number of rotatable bonds is 2. The molecule has 0 amide bonds. The Balaban J connectivity index is 3.28. The zero-order valence-corrected chi connectivity index (χ0v) is 8.81. The van der Waals surface area contributed by atoms with Crippen molar-refractivity contribution in [1.29, 1.82) is 0 Å². The van der Waals surface area contributed by atoms with Crippen molar-refractivity contribution in [2.45, 2.75) is 6.92 Å². The van der Waals surface area contributed by atoms with Crippen molar-refractivity contribution in [1.82, 2.24) is 4.98 Å². The van der Waals surface area contributed by atoms with Gasteiger partial charge in [-0.05, 0) is 22.9 Å². The molecule has 0 saturated carbocycles. The summed E-state index contributed by atoms with van der Waals surface area (Å²) in [5, 5.41) is 0. The van der Waals surface area contributed by atoms with Crippen LogP contribution in [-0.2, 0) is 0 Å². The third kappa shape index (κ3) is 1.53. The number of nitrogens with zero attached hydrogens (tertiary/aromatic N) is 1. The van der Waals surface area contributed by atoms with E-state index in [2.05, 4.69) is 20.9 Å². The molecule has 0 aliphatic rings. The molecule has 0 aliphatic heterocycles. The monoisotopic (exact) mass is 231 g/mol. The summed E-state index contributed by atoms with van der Waals surface area (Å²) in [6.45, 7) is 1.92. The topological polar surface area (TPSA) is 31.4 Å². The Morgan fingerprint density at radius 1 is 1.25 bits per heavy atom. The molecule has 0 bridgehead atoms. The van der Waals surface area contributed by atoms with Gasteiger partial charge in [-0.1, -0.05) is 0 Å². The molecule has 0 aromatic carbocycles. The van der Waals surface area contributed by atoms with Crippen LogP contribution in [0.1, 0.15) is 5.56 Å². The van der Waals surface area contributed by atoms with E-state index in [4.69, 9.17) is 9.47 Å². The van der Waals surface area contributed by atoms with Gasteiger partial charge in [0.15, 0.2) is 16.1 Å². The predicted molar refractivity (Wildman–Crippen MR) is 49.8 cm³/mol. The third-order valence-corrected chi connectivity index (χ3v) is 2.10. The van der Waals surface area contributed by atoms with Gasteiger partial charge in [-0.15, -0.1) is 0 Å². The van der Waals surface area contributed by atoms with Gasteiger partial charge in [0, 0.05) is 11.8 Å². The molecule has 0 radical (unpaired) electrons. The minimum atomic E-state index is 0.637. The second-order valence-electron chi connectivity index (χ2n) is 2.30. The summed E-state index contributed by atoms with van der Waals surface area (Å²) < 4.78 is 10.9. The minimum absolute atomic E-state index is 0.637. The Kier molecular flexibility index (Phi) is 2.92. The van der Waals surface area contributed by atoms with Gasteiger partial charge in [-0.25, -0.2) is 4.98 Å². The summed E-state index contributed by atoms with van der Waals surface area (Å²) >= 11 is 3.27. The zero-order valence-electron chi connectivity index (χ0n) is 7.22. The van der Waals surface area contributed by atoms with Gasteiger partial charge in [-0.2, -0.15) is 0 Å². The fourth-order valence-corrected chi connectivity index (χ4v) is 1.42. The van der Waals surface area contributed by atoms with Gasteiger partial charge in [0.2, 0.25) is 0 Å². The van der Waals surface area contributed by atoms with Crippen molar-refractivity contribution in [3.63, 3.8) is 0 Å². The Morgan fingerprint density at radius 3 is 2.25 bits per heavy atom. The standard InChI is InChI=1S/C8H10BrNO2/c1-5-4-10-8(9)7(12-3)6(5)11-2/h4H,1-3H3. The van der Waals surface area contributed by atoms with Gasteiger partial charge in [0.25, 0.3) is 0 Å². The largest absolute Gasteiger partial charge is 0.492 e. The van der Waals surface area contributed by atoms with Crippen molar-refractivity contribution >= 4 is 15.9 Å². The van der Waals surface area contributed by atoms with Crippen LogP contribution in [0.15, 0.2) is 10.8 Å². The van der Waals surface area contributed by atoms with Crippen molar-refractivity contribution in [3.8, 4) is 11.5 Å². The van der Waals surface area contributed by atoms with Gasteiger partial charge in [0.05, 0.1) is 14.2 Å². The number of pyridine rings is 1. The highest BCUT2D eigenvalue weighted by Crippen LogP contribution is 2.35. The molecule has 0 N–H and O–H groups in total. The summed E-state index contributed by atoms with van der Waals surface area (Å²) in [5.41, 5.74) is 0.956. The van der Waals surface area contributed by atoms with Crippen molar-refractivity contribution in [2.75, 3.05) is 14.2 Å². The Morgan fingerprint density at radius 2 is 1.83 bits per heavy atom. The highest BCUT2D eigenvalue weighted by Gasteiger charge is 2.11. The average Bonchev–Trinajstić information content (AvgIpc) is 2.08. The van der Waals surface area contributed by atoms with Crippen LogP contribution in [0.5, 0.6) is 11.5 Å². The molecule has 0 aliphatic carbocycles. The Bertz CT molecular complexity index is 260. The number of hydrogen-bond acceptors (Lipinski definition) is 3. The summed E-state index contributed by atoms with van der Waals surface area (Å²) in [5.74, 6) is 1.36. The quantitative estimate of drug-likeness (QED) is 0.732. The van der Waals surface area contributed by atoms with Crippen LogP contribution in [0.2, 0.25) is 0 Å². The molecular formula is C8H10BrNO2. The molecule has 3 nitrogen and oxygen atoms in total. The van der Waals surface area contributed by atoms with Crippen LogP contribution in [0, 0.1) is 6.92 Å². The van der Waals surface area contributed by atoms with Crippen LogP contribution in [0.25, 0.3) is 0 Å². The first kappa shape index (κ1) is 9.32. The van der Waals surface area contributed by atoms with E-state index in [-0.39, 0.29) is 0 Å². The Labute approximate surface area is 79.8 Å². The lowest BCUT2D eigenvalue weighted by Crippen LogP contribution is -1.95. The smallest absolute Gasteiger partial charge is 0.194 e. The Hall–Kier alpha value is -0.770. The summed E-state index contributed by atoms with van der Waals surface area (Å²) in [6, 6.07) is 0. The number of ether oxygens (including phenoxy) is 2. The first-order chi connectivity index (χ1) is 5.70. The van der Waals surface area contributed by atoms with E-state index in [1.807, 2.05) is 6.92 Å². The normalized spacial score (nSPS) is 9.67. The average molecular weight is 232 g/mol. The van der Waals surface area contributed by atoms with Gasteiger partial charge < -0.3 is 9.47 Å². The van der Waals surface area contributed by atoms with E-state index >= 15 is 0 Å². The number of hydrogen-bond donors (Lipinski definition) is 0. The number of aromatic nitrogens is 1. The predicted octanol–water partition coefficient (Wildman–Crippen LogP) is 2.17. The fraction of sp³-hybridized carbons (Fsp3) is 0.375. The summed E-state index contributed by atoms with van der Waals surface area (Å²) in [7, 11) is 3.20. The first-order valence-electron chi connectivity index (χ1n) is 3.43.